The zero-order chi connectivity index (χ0) is 18.4. The molecule has 1 fully saturated rings. The summed E-state index contributed by atoms with van der Waals surface area (Å²) in [4.78, 5) is 23.2. The van der Waals surface area contributed by atoms with Crippen molar-refractivity contribution in [1.82, 2.24) is 14.9 Å². The molecule has 0 unspecified atom stereocenters. The van der Waals surface area contributed by atoms with Gasteiger partial charge in [0.15, 0.2) is 0 Å². The van der Waals surface area contributed by atoms with Gasteiger partial charge < -0.3 is 15.0 Å². The number of hydrogen-bond donors (Lipinski definition) is 1. The van der Waals surface area contributed by atoms with E-state index in [1.807, 2.05) is 36.1 Å². The van der Waals surface area contributed by atoms with Crippen molar-refractivity contribution >= 4 is 17.5 Å². The molecule has 1 aromatic heterocycles. The van der Waals surface area contributed by atoms with Gasteiger partial charge >= 0.3 is 0 Å². The Morgan fingerprint density at radius 2 is 2.19 bits per heavy atom. The molecule has 2 aromatic rings. The Labute approximate surface area is 154 Å². The second-order valence-electron chi connectivity index (χ2n) is 6.56. The number of anilines is 2. The average molecular weight is 354 g/mol. The molecule has 26 heavy (non-hydrogen) atoms. The number of rotatable bonds is 6. The Morgan fingerprint density at radius 3 is 3.00 bits per heavy atom. The molecule has 1 atom stereocenters. The maximum atomic E-state index is 12.2. The van der Waals surface area contributed by atoms with Gasteiger partial charge in [-0.05, 0) is 44.4 Å². The lowest BCUT2D eigenvalue weighted by molar-refractivity contribution is -0.137. The number of hydrogen-bond acceptors (Lipinski definition) is 5. The number of likely N-dealkylation sites (tertiary alicyclic amines) is 1. The zero-order valence-corrected chi connectivity index (χ0v) is 15.4. The van der Waals surface area contributed by atoms with Crippen molar-refractivity contribution in [1.29, 1.82) is 0 Å². The number of para-hydroxylation sites is 1. The minimum Gasteiger partial charge on any atom is -0.372 e. The van der Waals surface area contributed by atoms with E-state index in [9.17, 15) is 4.79 Å². The third-order valence-corrected chi connectivity index (χ3v) is 4.69. The van der Waals surface area contributed by atoms with Crippen molar-refractivity contribution in [3.63, 3.8) is 0 Å². The zero-order valence-electron chi connectivity index (χ0n) is 15.4. The molecular weight excluding hydrogens is 328 g/mol. The quantitative estimate of drug-likeness (QED) is 0.862. The van der Waals surface area contributed by atoms with Crippen LogP contribution < -0.4 is 5.32 Å². The Hall–Kier alpha value is -2.47. The minimum absolute atomic E-state index is 0.0591. The highest BCUT2D eigenvalue weighted by atomic mass is 16.5. The molecule has 6 heteroatoms. The molecule has 0 aliphatic carbocycles. The van der Waals surface area contributed by atoms with Crippen LogP contribution in [0, 0.1) is 6.92 Å². The molecule has 1 N–H and O–H groups in total. The predicted molar refractivity (Wildman–Crippen MR) is 102 cm³/mol. The SMILES string of the molecule is CCOCC(=O)N1CCC[C@H](c2ccnc(Nc3ccccc3C)n2)C1. The molecule has 0 bridgehead atoms. The first kappa shape index (κ1) is 18.3. The second kappa shape index (κ2) is 8.76. The Morgan fingerprint density at radius 1 is 1.35 bits per heavy atom. The summed E-state index contributed by atoms with van der Waals surface area (Å²) in [5, 5.41) is 3.29. The molecule has 0 saturated carbocycles. The van der Waals surface area contributed by atoms with E-state index in [0.717, 1.165) is 36.3 Å². The van der Waals surface area contributed by atoms with Crippen LogP contribution in [0.25, 0.3) is 0 Å². The number of amides is 1. The van der Waals surface area contributed by atoms with Crippen molar-refractivity contribution < 1.29 is 9.53 Å². The van der Waals surface area contributed by atoms with E-state index in [4.69, 9.17) is 9.72 Å². The van der Waals surface area contributed by atoms with Crippen LogP contribution in [0.2, 0.25) is 0 Å². The first-order valence-electron chi connectivity index (χ1n) is 9.18. The number of piperidine rings is 1. The van der Waals surface area contributed by atoms with E-state index in [0.29, 0.717) is 19.1 Å². The van der Waals surface area contributed by atoms with Crippen LogP contribution in [0.3, 0.4) is 0 Å². The number of benzene rings is 1. The maximum absolute atomic E-state index is 12.2. The summed E-state index contributed by atoms with van der Waals surface area (Å²) in [7, 11) is 0. The van der Waals surface area contributed by atoms with Crippen molar-refractivity contribution in [3.8, 4) is 0 Å². The normalized spacial score (nSPS) is 17.2. The number of ether oxygens (including phenoxy) is 1. The van der Waals surface area contributed by atoms with Crippen LogP contribution in [-0.2, 0) is 9.53 Å². The summed E-state index contributed by atoms with van der Waals surface area (Å²) in [6, 6.07) is 10.0. The van der Waals surface area contributed by atoms with Crippen LogP contribution in [0.4, 0.5) is 11.6 Å². The van der Waals surface area contributed by atoms with Crippen LogP contribution in [0.1, 0.15) is 36.9 Å². The van der Waals surface area contributed by atoms with Gasteiger partial charge in [0, 0.05) is 37.5 Å². The van der Waals surface area contributed by atoms with Gasteiger partial charge in [0.1, 0.15) is 6.61 Å². The maximum Gasteiger partial charge on any atom is 0.248 e. The van der Waals surface area contributed by atoms with Gasteiger partial charge in [-0.1, -0.05) is 18.2 Å². The van der Waals surface area contributed by atoms with Gasteiger partial charge in [-0.15, -0.1) is 0 Å². The summed E-state index contributed by atoms with van der Waals surface area (Å²) in [6.07, 6.45) is 3.79. The molecular formula is C20H26N4O2. The number of carbonyl (C=O) groups excluding carboxylic acids is 1. The van der Waals surface area contributed by atoms with Crippen molar-refractivity contribution in [2.75, 3.05) is 31.6 Å². The van der Waals surface area contributed by atoms with E-state index in [-0.39, 0.29) is 18.4 Å². The molecule has 1 aliphatic rings. The lowest BCUT2D eigenvalue weighted by atomic mass is 9.94. The third-order valence-electron chi connectivity index (χ3n) is 4.69. The first-order chi connectivity index (χ1) is 12.7. The molecule has 1 aromatic carbocycles. The van der Waals surface area contributed by atoms with Crippen LogP contribution >= 0.6 is 0 Å². The summed E-state index contributed by atoms with van der Waals surface area (Å²) in [5.74, 6) is 0.883. The van der Waals surface area contributed by atoms with Crippen molar-refractivity contribution in [2.45, 2.75) is 32.6 Å². The van der Waals surface area contributed by atoms with E-state index in [2.05, 4.69) is 23.3 Å². The topological polar surface area (TPSA) is 67.3 Å². The molecule has 1 aliphatic heterocycles. The van der Waals surface area contributed by atoms with E-state index in [1.165, 1.54) is 0 Å². The monoisotopic (exact) mass is 354 g/mol. The lowest BCUT2D eigenvalue weighted by Gasteiger charge is -2.32. The molecule has 2 heterocycles. The molecule has 3 rings (SSSR count). The fraction of sp³-hybridized carbons (Fsp3) is 0.450. The smallest absolute Gasteiger partial charge is 0.248 e. The second-order valence-corrected chi connectivity index (χ2v) is 6.56. The molecule has 138 valence electrons. The van der Waals surface area contributed by atoms with Crippen LogP contribution in [0.15, 0.2) is 36.5 Å². The summed E-state index contributed by atoms with van der Waals surface area (Å²) in [5.41, 5.74) is 3.12. The highest BCUT2D eigenvalue weighted by Crippen LogP contribution is 2.26. The Kier molecular flexibility index (Phi) is 6.17. The Balaban J connectivity index is 1.69. The van der Waals surface area contributed by atoms with E-state index in [1.54, 1.807) is 6.20 Å². The fourth-order valence-electron chi connectivity index (χ4n) is 3.22. The van der Waals surface area contributed by atoms with E-state index < -0.39 is 0 Å². The first-order valence-corrected chi connectivity index (χ1v) is 9.18. The highest BCUT2D eigenvalue weighted by molar-refractivity contribution is 5.77. The summed E-state index contributed by atoms with van der Waals surface area (Å²) < 4.78 is 5.26. The average Bonchev–Trinajstić information content (AvgIpc) is 2.68. The van der Waals surface area contributed by atoms with Gasteiger partial charge in [0.05, 0.1) is 5.69 Å². The van der Waals surface area contributed by atoms with Crippen molar-refractivity contribution in [3.05, 3.63) is 47.8 Å². The van der Waals surface area contributed by atoms with Gasteiger partial charge in [0.2, 0.25) is 11.9 Å². The number of nitrogens with one attached hydrogen (secondary N) is 1. The largest absolute Gasteiger partial charge is 0.372 e. The molecule has 6 nitrogen and oxygen atoms in total. The highest BCUT2D eigenvalue weighted by Gasteiger charge is 2.25. The van der Waals surface area contributed by atoms with Crippen LogP contribution in [-0.4, -0.2) is 47.1 Å². The number of aryl methyl sites for hydroxylation is 1. The summed E-state index contributed by atoms with van der Waals surface area (Å²) >= 11 is 0. The van der Waals surface area contributed by atoms with E-state index >= 15 is 0 Å². The third kappa shape index (κ3) is 4.58. The standard InChI is InChI=1S/C20H26N4O2/c1-3-26-14-19(25)24-12-6-8-16(13-24)18-10-11-21-20(23-18)22-17-9-5-4-7-15(17)2/h4-5,7,9-11,16H,3,6,8,12-14H2,1-2H3,(H,21,22,23)/t16-/m0/s1. The molecule has 0 spiro atoms. The Bertz CT molecular complexity index is 750. The molecule has 1 amide bonds. The predicted octanol–water partition coefficient (Wildman–Crippen LogP) is 3.27. The molecule has 1 saturated heterocycles. The lowest BCUT2D eigenvalue weighted by Crippen LogP contribution is -2.41. The van der Waals surface area contributed by atoms with Gasteiger partial charge in [-0.3, -0.25) is 4.79 Å². The van der Waals surface area contributed by atoms with Crippen molar-refractivity contribution in [2.24, 2.45) is 0 Å². The number of carbonyl (C=O) groups is 1. The molecule has 0 radical (unpaired) electrons. The fourth-order valence-corrected chi connectivity index (χ4v) is 3.22. The number of aromatic nitrogens is 2. The number of nitrogens with zero attached hydrogens (tertiary/aromatic N) is 3. The minimum atomic E-state index is 0.0591. The van der Waals surface area contributed by atoms with Crippen LogP contribution in [0.5, 0.6) is 0 Å². The van der Waals surface area contributed by atoms with Gasteiger partial charge in [0.25, 0.3) is 0 Å². The van der Waals surface area contributed by atoms with Gasteiger partial charge in [-0.2, -0.15) is 0 Å². The summed E-state index contributed by atoms with van der Waals surface area (Å²) in [6.45, 7) is 6.15. The van der Waals surface area contributed by atoms with Gasteiger partial charge in [-0.25, -0.2) is 9.97 Å².